The van der Waals surface area contributed by atoms with E-state index in [0.29, 0.717) is 28.1 Å². The summed E-state index contributed by atoms with van der Waals surface area (Å²) < 4.78 is 16.1. The number of hydrogen-bond acceptors (Lipinski definition) is 3. The Balaban J connectivity index is 2.43. The lowest BCUT2D eigenvalue weighted by Gasteiger charge is -2.05. The van der Waals surface area contributed by atoms with E-state index in [1.165, 1.54) is 23.7 Å². The third-order valence-corrected chi connectivity index (χ3v) is 3.56. The first-order valence-electron chi connectivity index (χ1n) is 6.32. The van der Waals surface area contributed by atoms with Crippen LogP contribution in [0.2, 0.25) is 0 Å². The van der Waals surface area contributed by atoms with Gasteiger partial charge in [-0.2, -0.15) is 0 Å². The van der Waals surface area contributed by atoms with E-state index in [0.717, 1.165) is 0 Å². The van der Waals surface area contributed by atoms with Gasteiger partial charge in [0.1, 0.15) is 11.6 Å². The van der Waals surface area contributed by atoms with Crippen LogP contribution in [-0.2, 0) is 14.1 Å². The number of halogens is 1. The lowest BCUT2D eigenvalue weighted by atomic mass is 10.1. The molecule has 108 valence electrons. The molecule has 21 heavy (non-hydrogen) atoms. The molecule has 0 atom stereocenters. The molecule has 6 nitrogen and oxygen atoms in total. The fourth-order valence-electron chi connectivity index (χ4n) is 2.43. The van der Waals surface area contributed by atoms with Crippen molar-refractivity contribution in [3.05, 3.63) is 50.4 Å². The quantitative estimate of drug-likeness (QED) is 0.728. The molecule has 2 heterocycles. The van der Waals surface area contributed by atoms with Gasteiger partial charge in [0, 0.05) is 19.7 Å². The van der Waals surface area contributed by atoms with Gasteiger partial charge in [0.15, 0.2) is 11.2 Å². The van der Waals surface area contributed by atoms with Gasteiger partial charge in [0.2, 0.25) is 0 Å². The minimum absolute atomic E-state index is 0.296. The summed E-state index contributed by atoms with van der Waals surface area (Å²) in [7, 11) is 3.22. The Morgan fingerprint density at radius 3 is 2.57 bits per heavy atom. The molecule has 0 radical (unpaired) electrons. The van der Waals surface area contributed by atoms with Gasteiger partial charge < -0.3 is 4.57 Å². The Hall–Kier alpha value is -2.70. The van der Waals surface area contributed by atoms with Crippen molar-refractivity contribution < 1.29 is 4.39 Å². The number of hydrogen-bond donors (Lipinski definition) is 1. The minimum atomic E-state index is -0.520. The van der Waals surface area contributed by atoms with Crippen molar-refractivity contribution in [3.63, 3.8) is 0 Å². The molecule has 0 saturated heterocycles. The highest BCUT2D eigenvalue weighted by atomic mass is 19.1. The number of imidazole rings is 1. The molecule has 0 saturated carbocycles. The zero-order valence-electron chi connectivity index (χ0n) is 11.8. The monoisotopic (exact) mass is 288 g/mol. The van der Waals surface area contributed by atoms with Crippen LogP contribution in [0, 0.1) is 12.7 Å². The molecular weight excluding hydrogens is 275 g/mol. The first kappa shape index (κ1) is 13.3. The predicted octanol–water partition coefficient (Wildman–Crippen LogP) is 1.07. The maximum atomic E-state index is 13.2. The van der Waals surface area contributed by atoms with Gasteiger partial charge in [0.05, 0.1) is 0 Å². The number of benzene rings is 1. The first-order chi connectivity index (χ1) is 9.90. The Bertz CT molecular complexity index is 981. The summed E-state index contributed by atoms with van der Waals surface area (Å²) in [6.07, 6.45) is 0. The Morgan fingerprint density at radius 1 is 1.19 bits per heavy atom. The average molecular weight is 288 g/mol. The number of nitrogens with one attached hydrogen (secondary N) is 1. The van der Waals surface area contributed by atoms with Gasteiger partial charge in [-0.3, -0.25) is 14.3 Å². The van der Waals surface area contributed by atoms with E-state index >= 15 is 0 Å². The van der Waals surface area contributed by atoms with Gasteiger partial charge in [-0.05, 0) is 30.7 Å². The topological polar surface area (TPSA) is 72.7 Å². The number of aromatic nitrogens is 4. The van der Waals surface area contributed by atoms with Crippen LogP contribution in [0.4, 0.5) is 4.39 Å². The second-order valence-electron chi connectivity index (χ2n) is 4.94. The Morgan fingerprint density at radius 2 is 1.90 bits per heavy atom. The van der Waals surface area contributed by atoms with Gasteiger partial charge >= 0.3 is 5.69 Å². The molecule has 3 aromatic rings. The van der Waals surface area contributed by atoms with E-state index in [2.05, 4.69) is 9.97 Å². The molecule has 0 fully saturated rings. The molecule has 0 aliphatic rings. The van der Waals surface area contributed by atoms with Crippen molar-refractivity contribution in [2.75, 3.05) is 0 Å². The smallest absolute Gasteiger partial charge is 0.321 e. The third kappa shape index (κ3) is 1.89. The maximum Gasteiger partial charge on any atom is 0.329 e. The summed E-state index contributed by atoms with van der Waals surface area (Å²) >= 11 is 0. The van der Waals surface area contributed by atoms with E-state index in [4.69, 9.17) is 0 Å². The van der Waals surface area contributed by atoms with Crippen LogP contribution >= 0.6 is 0 Å². The van der Waals surface area contributed by atoms with Crippen LogP contribution in [0.15, 0.2) is 27.8 Å². The molecule has 7 heteroatoms. The van der Waals surface area contributed by atoms with E-state index < -0.39 is 11.2 Å². The second-order valence-corrected chi connectivity index (χ2v) is 4.94. The summed E-state index contributed by atoms with van der Waals surface area (Å²) in [6, 6.07) is 4.35. The van der Waals surface area contributed by atoms with Gasteiger partial charge in [0.25, 0.3) is 5.56 Å². The highest BCUT2D eigenvalue weighted by Gasteiger charge is 2.17. The summed E-state index contributed by atoms with van der Waals surface area (Å²) in [5, 5.41) is 0. The summed E-state index contributed by atoms with van der Waals surface area (Å²) in [5.41, 5.74) is 1.000. The number of nitrogens with zero attached hydrogens (tertiary/aromatic N) is 3. The number of fused-ring (bicyclic) bond motifs is 1. The SMILES string of the molecule is Cc1cc(F)ccc1-c1nc2c(c(=O)[nH]c(=O)n2C)n1C. The summed E-state index contributed by atoms with van der Waals surface area (Å²) in [5.74, 6) is 0.175. The summed E-state index contributed by atoms with van der Waals surface area (Å²) in [6.45, 7) is 1.76. The minimum Gasteiger partial charge on any atom is -0.321 e. The fraction of sp³-hybridized carbons (Fsp3) is 0.214. The molecule has 2 aromatic heterocycles. The number of H-pyrrole nitrogens is 1. The largest absolute Gasteiger partial charge is 0.329 e. The predicted molar refractivity (Wildman–Crippen MR) is 76.7 cm³/mol. The zero-order valence-corrected chi connectivity index (χ0v) is 11.8. The molecular formula is C14H13FN4O2. The van der Waals surface area contributed by atoms with Crippen LogP contribution in [0.1, 0.15) is 5.56 Å². The first-order valence-corrected chi connectivity index (χ1v) is 6.32. The molecule has 0 bridgehead atoms. The standard InChI is InChI=1S/C14H13FN4O2/c1-7-6-8(15)4-5-9(7)11-16-12-10(18(11)2)13(20)17-14(21)19(12)3/h4-6H,1-3H3,(H,17,20,21). The van der Waals surface area contributed by atoms with Crippen LogP contribution in [0.3, 0.4) is 0 Å². The van der Waals surface area contributed by atoms with Crippen LogP contribution < -0.4 is 11.2 Å². The van der Waals surface area contributed by atoms with Gasteiger partial charge in [-0.15, -0.1) is 0 Å². The van der Waals surface area contributed by atoms with Crippen molar-refractivity contribution in [1.29, 1.82) is 0 Å². The van der Waals surface area contributed by atoms with Gasteiger partial charge in [-0.25, -0.2) is 14.2 Å². The van der Waals surface area contributed by atoms with Crippen LogP contribution in [0.5, 0.6) is 0 Å². The Labute approximate surface area is 118 Å². The highest BCUT2D eigenvalue weighted by Crippen LogP contribution is 2.24. The molecule has 0 amide bonds. The molecule has 0 unspecified atom stereocenters. The fourth-order valence-corrected chi connectivity index (χ4v) is 2.43. The lowest BCUT2D eigenvalue weighted by molar-refractivity contribution is 0.627. The highest BCUT2D eigenvalue weighted by molar-refractivity contribution is 5.77. The van der Waals surface area contributed by atoms with E-state index in [9.17, 15) is 14.0 Å². The number of rotatable bonds is 1. The molecule has 1 aromatic carbocycles. The average Bonchev–Trinajstić information content (AvgIpc) is 2.75. The molecule has 0 aliphatic heterocycles. The molecule has 0 spiro atoms. The van der Waals surface area contributed by atoms with Crippen molar-refractivity contribution in [1.82, 2.24) is 19.1 Å². The number of aryl methyl sites for hydroxylation is 3. The normalized spacial score (nSPS) is 11.2. The molecule has 0 aliphatic carbocycles. The number of aromatic amines is 1. The Kier molecular flexibility index (Phi) is 2.79. The van der Waals surface area contributed by atoms with E-state index in [1.807, 2.05) is 0 Å². The van der Waals surface area contributed by atoms with E-state index in [1.54, 1.807) is 24.6 Å². The van der Waals surface area contributed by atoms with Crippen molar-refractivity contribution >= 4 is 11.2 Å². The van der Waals surface area contributed by atoms with Crippen molar-refractivity contribution in [2.24, 2.45) is 14.1 Å². The molecule has 1 N–H and O–H groups in total. The van der Waals surface area contributed by atoms with Crippen LogP contribution in [0.25, 0.3) is 22.6 Å². The second kappa shape index (κ2) is 4.41. The van der Waals surface area contributed by atoms with Crippen molar-refractivity contribution in [2.45, 2.75) is 6.92 Å². The van der Waals surface area contributed by atoms with Gasteiger partial charge in [-0.1, -0.05) is 0 Å². The van der Waals surface area contributed by atoms with E-state index in [-0.39, 0.29) is 5.82 Å². The maximum absolute atomic E-state index is 13.2. The summed E-state index contributed by atoms with van der Waals surface area (Å²) in [4.78, 5) is 30.2. The third-order valence-electron chi connectivity index (χ3n) is 3.56. The van der Waals surface area contributed by atoms with Crippen LogP contribution in [-0.4, -0.2) is 19.1 Å². The molecule has 3 rings (SSSR count). The lowest BCUT2D eigenvalue weighted by Crippen LogP contribution is -2.29. The zero-order chi connectivity index (χ0) is 15.3. The van der Waals surface area contributed by atoms with Crippen molar-refractivity contribution in [3.8, 4) is 11.4 Å².